The van der Waals surface area contributed by atoms with E-state index in [0.717, 1.165) is 17.9 Å². The SMILES string of the molecule is C[n+]1ccn(Cc2ccc(-c3ccccn3)nc2)c1.[Br-]. The van der Waals surface area contributed by atoms with E-state index in [0.29, 0.717) is 0 Å². The van der Waals surface area contributed by atoms with Crippen LogP contribution in [0.5, 0.6) is 0 Å². The van der Waals surface area contributed by atoms with Crippen molar-refractivity contribution in [2.75, 3.05) is 0 Å². The van der Waals surface area contributed by atoms with Crippen LogP contribution in [-0.2, 0) is 13.6 Å². The lowest BCUT2D eigenvalue weighted by molar-refractivity contribution is -0.671. The maximum Gasteiger partial charge on any atom is 0.243 e. The Morgan fingerprint density at radius 3 is 2.55 bits per heavy atom. The summed E-state index contributed by atoms with van der Waals surface area (Å²) in [7, 11) is 2.01. The smallest absolute Gasteiger partial charge is 0.243 e. The van der Waals surface area contributed by atoms with E-state index < -0.39 is 0 Å². The van der Waals surface area contributed by atoms with Crippen LogP contribution in [-0.4, -0.2) is 14.5 Å². The lowest BCUT2D eigenvalue weighted by Crippen LogP contribution is -3.00. The summed E-state index contributed by atoms with van der Waals surface area (Å²) in [6, 6.07) is 9.95. The van der Waals surface area contributed by atoms with Crippen LogP contribution in [0, 0.1) is 0 Å². The number of imidazole rings is 1. The summed E-state index contributed by atoms with van der Waals surface area (Å²) in [6.45, 7) is 0.830. The van der Waals surface area contributed by atoms with Crippen molar-refractivity contribution in [1.29, 1.82) is 0 Å². The van der Waals surface area contributed by atoms with E-state index in [9.17, 15) is 0 Å². The maximum absolute atomic E-state index is 4.47. The zero-order valence-corrected chi connectivity index (χ0v) is 12.7. The molecule has 0 aromatic carbocycles. The molecule has 0 spiro atoms. The summed E-state index contributed by atoms with van der Waals surface area (Å²) in [5.74, 6) is 0. The van der Waals surface area contributed by atoms with Crippen LogP contribution in [0.15, 0.2) is 61.4 Å². The second-order valence-electron chi connectivity index (χ2n) is 4.52. The average molecular weight is 331 g/mol. The van der Waals surface area contributed by atoms with Crippen molar-refractivity contribution in [3.63, 3.8) is 0 Å². The van der Waals surface area contributed by atoms with Gasteiger partial charge in [0.2, 0.25) is 6.33 Å². The molecule has 0 saturated carbocycles. The van der Waals surface area contributed by atoms with Crippen molar-refractivity contribution in [3.8, 4) is 11.4 Å². The van der Waals surface area contributed by atoms with Crippen molar-refractivity contribution in [1.82, 2.24) is 14.5 Å². The summed E-state index contributed by atoms with van der Waals surface area (Å²) in [5.41, 5.74) is 2.99. The molecule has 4 nitrogen and oxygen atoms in total. The third-order valence-corrected chi connectivity index (χ3v) is 2.94. The van der Waals surface area contributed by atoms with Gasteiger partial charge < -0.3 is 17.0 Å². The van der Waals surface area contributed by atoms with Crippen LogP contribution in [0.25, 0.3) is 11.4 Å². The Morgan fingerprint density at radius 2 is 1.95 bits per heavy atom. The van der Waals surface area contributed by atoms with E-state index in [-0.39, 0.29) is 17.0 Å². The van der Waals surface area contributed by atoms with Crippen molar-refractivity contribution >= 4 is 0 Å². The highest BCUT2D eigenvalue weighted by molar-refractivity contribution is 5.53. The molecule has 0 aliphatic heterocycles. The predicted octanol–water partition coefficient (Wildman–Crippen LogP) is -1.18. The number of hydrogen-bond donors (Lipinski definition) is 0. The number of aromatic nitrogens is 4. The second kappa shape index (κ2) is 6.43. The van der Waals surface area contributed by atoms with Crippen molar-refractivity contribution < 1.29 is 21.5 Å². The summed E-state index contributed by atoms with van der Waals surface area (Å²) in [5, 5.41) is 0. The Hall–Kier alpha value is -2.01. The molecule has 0 saturated heterocycles. The molecule has 0 unspecified atom stereocenters. The normalized spacial score (nSPS) is 10.1. The summed E-state index contributed by atoms with van der Waals surface area (Å²) < 4.78 is 4.15. The van der Waals surface area contributed by atoms with Gasteiger partial charge in [-0.3, -0.25) is 9.97 Å². The van der Waals surface area contributed by atoms with E-state index in [2.05, 4.69) is 20.6 Å². The quantitative estimate of drug-likeness (QED) is 0.567. The standard InChI is InChI=1S/C15H15N4.BrH/c1-18-8-9-19(12-18)11-13-5-6-15(17-10-13)14-4-2-3-7-16-14;/h2-10,12H,11H2,1H3;1H/q+1;/p-1. The van der Waals surface area contributed by atoms with Crippen LogP contribution in [0.4, 0.5) is 0 Å². The van der Waals surface area contributed by atoms with Crippen molar-refractivity contribution in [3.05, 3.63) is 67.0 Å². The lowest BCUT2D eigenvalue weighted by atomic mass is 10.2. The van der Waals surface area contributed by atoms with Gasteiger partial charge in [-0.2, -0.15) is 0 Å². The topological polar surface area (TPSA) is 34.6 Å². The number of hydrogen-bond acceptors (Lipinski definition) is 2. The number of pyridine rings is 2. The number of nitrogens with zero attached hydrogens (tertiary/aromatic N) is 4. The van der Waals surface area contributed by atoms with Gasteiger partial charge in [-0.1, -0.05) is 12.1 Å². The minimum atomic E-state index is 0. The minimum absolute atomic E-state index is 0. The number of rotatable bonds is 3. The van der Waals surface area contributed by atoms with Crippen molar-refractivity contribution in [2.24, 2.45) is 7.05 Å². The molecule has 3 rings (SSSR count). The fourth-order valence-electron chi connectivity index (χ4n) is 1.99. The van der Waals surface area contributed by atoms with Crippen LogP contribution in [0.3, 0.4) is 0 Å². The first-order valence-electron chi connectivity index (χ1n) is 6.18. The Kier molecular flexibility index (Phi) is 4.63. The van der Waals surface area contributed by atoms with Crippen LogP contribution in [0.1, 0.15) is 5.56 Å². The van der Waals surface area contributed by atoms with Gasteiger partial charge in [-0.25, -0.2) is 9.13 Å². The number of halogens is 1. The molecule has 0 N–H and O–H groups in total. The lowest BCUT2D eigenvalue weighted by Gasteiger charge is -2.01. The maximum atomic E-state index is 4.47. The number of aryl methyl sites for hydroxylation is 1. The highest BCUT2D eigenvalue weighted by Gasteiger charge is 2.04. The predicted molar refractivity (Wildman–Crippen MR) is 72.2 cm³/mol. The van der Waals surface area contributed by atoms with Crippen molar-refractivity contribution in [2.45, 2.75) is 6.54 Å². The van der Waals surface area contributed by atoms with E-state index >= 15 is 0 Å². The molecule has 3 heterocycles. The van der Waals surface area contributed by atoms with Gasteiger partial charge in [0.05, 0.1) is 18.4 Å². The Balaban J connectivity index is 0.00000147. The molecule has 3 aromatic heterocycles. The molecule has 0 aliphatic carbocycles. The van der Waals surface area contributed by atoms with E-state index in [1.54, 1.807) is 6.20 Å². The molecule has 102 valence electrons. The molecule has 0 fully saturated rings. The third kappa shape index (κ3) is 3.30. The van der Waals surface area contributed by atoms with Crippen LogP contribution < -0.4 is 21.5 Å². The van der Waals surface area contributed by atoms with Gasteiger partial charge in [0.25, 0.3) is 0 Å². The zero-order chi connectivity index (χ0) is 13.1. The zero-order valence-electron chi connectivity index (χ0n) is 11.1. The second-order valence-corrected chi connectivity index (χ2v) is 4.52. The third-order valence-electron chi connectivity index (χ3n) is 2.94. The Morgan fingerprint density at radius 1 is 1.10 bits per heavy atom. The van der Waals surface area contributed by atoms with Crippen LogP contribution >= 0.6 is 0 Å². The van der Waals surface area contributed by atoms with Gasteiger partial charge >= 0.3 is 0 Å². The first-order valence-corrected chi connectivity index (χ1v) is 6.18. The fraction of sp³-hybridized carbons (Fsp3) is 0.133. The Bertz CT molecular complexity index is 662. The molecule has 0 amide bonds. The summed E-state index contributed by atoms with van der Waals surface area (Å²) >= 11 is 0. The minimum Gasteiger partial charge on any atom is -1.00 e. The molecule has 3 aromatic rings. The Labute approximate surface area is 128 Å². The van der Waals surface area contributed by atoms with Gasteiger partial charge in [0.1, 0.15) is 18.9 Å². The first-order chi connectivity index (χ1) is 9.31. The van der Waals surface area contributed by atoms with E-state index in [1.807, 2.05) is 60.8 Å². The molecular formula is C15H15BrN4. The molecule has 0 bridgehead atoms. The molecule has 0 atom stereocenters. The summed E-state index contributed by atoms with van der Waals surface area (Å²) in [4.78, 5) is 8.76. The molecule has 5 heteroatoms. The molecule has 0 radical (unpaired) electrons. The largest absolute Gasteiger partial charge is 1.00 e. The van der Waals surface area contributed by atoms with Gasteiger partial charge in [-0.05, 0) is 18.2 Å². The first kappa shape index (κ1) is 14.4. The van der Waals surface area contributed by atoms with Crippen LogP contribution in [0.2, 0.25) is 0 Å². The highest BCUT2D eigenvalue weighted by Crippen LogP contribution is 2.13. The molecular weight excluding hydrogens is 316 g/mol. The van der Waals surface area contributed by atoms with Gasteiger partial charge in [0.15, 0.2) is 0 Å². The monoisotopic (exact) mass is 330 g/mol. The summed E-state index contributed by atoms with van der Waals surface area (Å²) in [6.07, 6.45) is 9.81. The highest BCUT2D eigenvalue weighted by atomic mass is 79.9. The van der Waals surface area contributed by atoms with E-state index in [1.165, 1.54) is 5.56 Å². The van der Waals surface area contributed by atoms with Gasteiger partial charge in [0, 0.05) is 18.0 Å². The van der Waals surface area contributed by atoms with E-state index in [4.69, 9.17) is 0 Å². The molecule has 0 aliphatic rings. The fourth-order valence-corrected chi connectivity index (χ4v) is 1.99. The van der Waals surface area contributed by atoms with Gasteiger partial charge in [-0.15, -0.1) is 0 Å². The molecule has 20 heavy (non-hydrogen) atoms. The average Bonchev–Trinajstić information content (AvgIpc) is 2.86.